The largest absolute Gasteiger partial charge is 0.444 e. The molecule has 136 valence electrons. The normalized spacial score (nSPS) is 22.9. The fourth-order valence-electron chi connectivity index (χ4n) is 3.49. The molecule has 3 rings (SSSR count). The summed E-state index contributed by atoms with van der Waals surface area (Å²) < 4.78 is 6.37. The zero-order valence-electron chi connectivity index (χ0n) is 15.1. The van der Waals surface area contributed by atoms with E-state index in [1.54, 1.807) is 11.1 Å². The number of likely N-dealkylation sites (tertiary alicyclic amines) is 2. The number of fused-ring (bicyclic) bond motifs is 1. The van der Waals surface area contributed by atoms with Gasteiger partial charge in [0.05, 0.1) is 5.56 Å². The van der Waals surface area contributed by atoms with Crippen molar-refractivity contribution in [3.63, 3.8) is 0 Å². The first-order valence-corrected chi connectivity index (χ1v) is 9.61. The Kier molecular flexibility index (Phi) is 4.96. The Morgan fingerprint density at radius 1 is 1.16 bits per heavy atom. The summed E-state index contributed by atoms with van der Waals surface area (Å²) in [7, 11) is 0. The lowest BCUT2D eigenvalue weighted by atomic mass is 10.0. The van der Waals surface area contributed by atoms with E-state index in [1.165, 1.54) is 0 Å². The van der Waals surface area contributed by atoms with Gasteiger partial charge in [0.15, 0.2) is 0 Å². The number of aromatic nitrogens is 1. The predicted octanol–water partition coefficient (Wildman–Crippen LogP) is 2.93. The summed E-state index contributed by atoms with van der Waals surface area (Å²) in [5, 5.41) is 0. The van der Waals surface area contributed by atoms with Crippen molar-refractivity contribution in [2.45, 2.75) is 33.3 Å². The Balaban J connectivity index is 1.60. The molecule has 0 N–H and O–H groups in total. The highest BCUT2D eigenvalue weighted by Crippen LogP contribution is 2.32. The lowest BCUT2D eigenvalue weighted by molar-refractivity contribution is 0.0275. The van der Waals surface area contributed by atoms with Crippen LogP contribution in [0.5, 0.6) is 0 Å². The van der Waals surface area contributed by atoms with Gasteiger partial charge in [-0.05, 0) is 61.9 Å². The number of hydrogen-bond acceptors (Lipinski definition) is 4. The summed E-state index contributed by atoms with van der Waals surface area (Å²) in [5.41, 5.74) is 1.18. The summed E-state index contributed by atoms with van der Waals surface area (Å²) >= 11 is 2.17. The first-order chi connectivity index (χ1) is 11.6. The molecule has 6 nitrogen and oxygen atoms in total. The lowest BCUT2D eigenvalue weighted by Crippen LogP contribution is -2.38. The number of aryl methyl sites for hydroxylation is 1. The second-order valence-electron chi connectivity index (χ2n) is 7.95. The van der Waals surface area contributed by atoms with Crippen LogP contribution in [0.2, 0.25) is 0 Å². The maximum atomic E-state index is 12.7. The number of ether oxygens (including phenoxy) is 1. The van der Waals surface area contributed by atoms with Gasteiger partial charge in [0.25, 0.3) is 5.91 Å². The standard InChI is InChI=1S/C18H24IN3O3/c1-11-5-12(6-20-15(11)19)16(23)21-7-13-9-22(10-14(13)8-21)17(24)25-18(2,3)4/h5-6,13-14H,7-10H2,1-4H3. The Morgan fingerprint density at radius 3 is 2.24 bits per heavy atom. The van der Waals surface area contributed by atoms with Crippen LogP contribution >= 0.6 is 22.6 Å². The minimum Gasteiger partial charge on any atom is -0.444 e. The smallest absolute Gasteiger partial charge is 0.410 e. The molecule has 2 aliphatic rings. The monoisotopic (exact) mass is 457 g/mol. The van der Waals surface area contributed by atoms with Gasteiger partial charge >= 0.3 is 6.09 Å². The highest BCUT2D eigenvalue weighted by molar-refractivity contribution is 14.1. The van der Waals surface area contributed by atoms with Crippen molar-refractivity contribution in [1.82, 2.24) is 14.8 Å². The molecule has 25 heavy (non-hydrogen) atoms. The zero-order valence-corrected chi connectivity index (χ0v) is 17.2. The molecule has 0 bridgehead atoms. The van der Waals surface area contributed by atoms with Crippen LogP contribution in [0.15, 0.2) is 12.3 Å². The molecule has 2 saturated heterocycles. The average molecular weight is 457 g/mol. The number of carbonyl (C=O) groups excluding carboxylic acids is 2. The number of halogens is 1. The van der Waals surface area contributed by atoms with E-state index in [1.807, 2.05) is 38.7 Å². The average Bonchev–Trinajstić information content (AvgIpc) is 3.06. The Labute approximate surface area is 162 Å². The number of nitrogens with zero attached hydrogens (tertiary/aromatic N) is 3. The molecule has 0 saturated carbocycles. The molecule has 1 aromatic heterocycles. The van der Waals surface area contributed by atoms with Gasteiger partial charge in [-0.1, -0.05) is 0 Å². The fraction of sp³-hybridized carbons (Fsp3) is 0.611. The van der Waals surface area contributed by atoms with E-state index in [0.717, 1.165) is 9.26 Å². The minimum atomic E-state index is -0.480. The highest BCUT2D eigenvalue weighted by atomic mass is 127. The number of pyridine rings is 1. The SMILES string of the molecule is Cc1cc(C(=O)N2CC3CN(C(=O)OC(C)(C)C)CC3C2)cnc1I. The number of hydrogen-bond donors (Lipinski definition) is 0. The van der Waals surface area contributed by atoms with E-state index >= 15 is 0 Å². The molecule has 2 amide bonds. The number of carbonyl (C=O) groups is 2. The summed E-state index contributed by atoms with van der Waals surface area (Å²) in [4.78, 5) is 32.9. The van der Waals surface area contributed by atoms with Crippen molar-refractivity contribution in [3.8, 4) is 0 Å². The summed E-state index contributed by atoms with van der Waals surface area (Å²) in [6.45, 7) is 10.3. The Morgan fingerprint density at radius 2 is 1.72 bits per heavy atom. The molecular weight excluding hydrogens is 433 g/mol. The molecule has 1 aromatic rings. The van der Waals surface area contributed by atoms with Gasteiger partial charge in [-0.15, -0.1) is 0 Å². The predicted molar refractivity (Wildman–Crippen MR) is 102 cm³/mol. The van der Waals surface area contributed by atoms with Gasteiger partial charge in [-0.2, -0.15) is 0 Å². The third-order valence-electron chi connectivity index (χ3n) is 4.69. The highest BCUT2D eigenvalue weighted by Gasteiger charge is 2.44. The first kappa shape index (κ1) is 18.4. The quantitative estimate of drug-likeness (QED) is 0.481. The molecular formula is C18H24IN3O3. The third-order valence-corrected chi connectivity index (χ3v) is 5.82. The number of amides is 2. The zero-order chi connectivity index (χ0) is 18.4. The van der Waals surface area contributed by atoms with Crippen molar-refractivity contribution in [2.75, 3.05) is 26.2 Å². The van der Waals surface area contributed by atoms with Crippen LogP contribution in [-0.4, -0.2) is 58.6 Å². The topological polar surface area (TPSA) is 62.7 Å². The van der Waals surface area contributed by atoms with E-state index < -0.39 is 5.60 Å². The van der Waals surface area contributed by atoms with E-state index in [9.17, 15) is 9.59 Å². The summed E-state index contributed by atoms with van der Waals surface area (Å²) in [5.74, 6) is 0.689. The van der Waals surface area contributed by atoms with Crippen LogP contribution in [-0.2, 0) is 4.74 Å². The molecule has 2 unspecified atom stereocenters. The maximum absolute atomic E-state index is 12.7. The van der Waals surface area contributed by atoms with Gasteiger partial charge in [0.2, 0.25) is 0 Å². The van der Waals surface area contributed by atoms with E-state index in [2.05, 4.69) is 27.6 Å². The Hall–Kier alpha value is -1.38. The van der Waals surface area contributed by atoms with Crippen LogP contribution in [0.4, 0.5) is 4.79 Å². The first-order valence-electron chi connectivity index (χ1n) is 8.53. The van der Waals surface area contributed by atoms with Gasteiger partial charge in [-0.25, -0.2) is 9.78 Å². The molecule has 3 heterocycles. The Bertz CT molecular complexity index is 687. The third kappa shape index (κ3) is 4.07. The van der Waals surface area contributed by atoms with Crippen molar-refractivity contribution in [1.29, 1.82) is 0 Å². The number of rotatable bonds is 1. The second kappa shape index (κ2) is 6.74. The molecule has 0 spiro atoms. The van der Waals surface area contributed by atoms with E-state index in [0.29, 0.717) is 43.6 Å². The summed E-state index contributed by atoms with van der Waals surface area (Å²) in [6.07, 6.45) is 1.40. The van der Waals surface area contributed by atoms with Gasteiger partial charge < -0.3 is 14.5 Å². The van der Waals surface area contributed by atoms with Crippen LogP contribution in [0.1, 0.15) is 36.7 Å². The van der Waals surface area contributed by atoms with Gasteiger partial charge in [-0.3, -0.25) is 4.79 Å². The maximum Gasteiger partial charge on any atom is 0.410 e. The van der Waals surface area contributed by atoms with Crippen molar-refractivity contribution in [3.05, 3.63) is 27.1 Å². The fourth-order valence-corrected chi connectivity index (χ4v) is 3.79. The molecule has 2 atom stereocenters. The lowest BCUT2D eigenvalue weighted by Gasteiger charge is -2.26. The molecule has 0 aliphatic carbocycles. The van der Waals surface area contributed by atoms with Crippen molar-refractivity contribution < 1.29 is 14.3 Å². The van der Waals surface area contributed by atoms with Gasteiger partial charge in [0.1, 0.15) is 9.30 Å². The molecule has 7 heteroatoms. The van der Waals surface area contributed by atoms with Crippen LogP contribution in [0.25, 0.3) is 0 Å². The molecule has 2 aliphatic heterocycles. The van der Waals surface area contributed by atoms with Crippen molar-refractivity contribution >= 4 is 34.6 Å². The van der Waals surface area contributed by atoms with E-state index in [4.69, 9.17) is 4.74 Å². The second-order valence-corrected chi connectivity index (χ2v) is 8.97. The minimum absolute atomic E-state index is 0.0326. The molecule has 2 fully saturated rings. The van der Waals surface area contributed by atoms with Crippen LogP contribution in [0.3, 0.4) is 0 Å². The van der Waals surface area contributed by atoms with Crippen LogP contribution in [0, 0.1) is 22.5 Å². The summed E-state index contributed by atoms with van der Waals surface area (Å²) in [6, 6.07) is 1.90. The van der Waals surface area contributed by atoms with Gasteiger partial charge in [0, 0.05) is 44.2 Å². The molecule has 0 radical (unpaired) electrons. The molecule has 0 aromatic carbocycles. The van der Waals surface area contributed by atoms with Crippen LogP contribution < -0.4 is 0 Å². The van der Waals surface area contributed by atoms with Crippen molar-refractivity contribution in [2.24, 2.45) is 11.8 Å². The van der Waals surface area contributed by atoms with E-state index in [-0.39, 0.29) is 12.0 Å².